The molecule has 0 saturated carbocycles. The molecule has 0 aromatic carbocycles. The molecular weight excluding hydrogens is 274 g/mol. The summed E-state index contributed by atoms with van der Waals surface area (Å²) in [5.74, 6) is 0.172. The highest BCUT2D eigenvalue weighted by Crippen LogP contribution is 2.31. The van der Waals surface area contributed by atoms with E-state index < -0.39 is 10.6 Å². The number of nitro groups is 1. The highest BCUT2D eigenvalue weighted by atomic mass is 35.5. The fourth-order valence-corrected chi connectivity index (χ4v) is 1.59. The highest BCUT2D eigenvalue weighted by molar-refractivity contribution is 6.31. The predicted molar refractivity (Wildman–Crippen MR) is 64.9 cm³/mol. The average Bonchev–Trinajstić information content (AvgIpc) is 2.70. The molecule has 0 spiro atoms. The largest absolute Gasteiger partial charge is 0.348 e. The molecule has 0 bridgehead atoms. The van der Waals surface area contributed by atoms with Gasteiger partial charge in [-0.15, -0.1) is 0 Å². The molecule has 0 aliphatic carbocycles. The van der Waals surface area contributed by atoms with Gasteiger partial charge in [-0.2, -0.15) is 10.4 Å². The molecular formula is C9H6ClN7O2. The summed E-state index contributed by atoms with van der Waals surface area (Å²) in [6.45, 7) is 0. The van der Waals surface area contributed by atoms with Crippen LogP contribution in [0.5, 0.6) is 0 Å². The average molecular weight is 280 g/mol. The molecule has 0 amide bonds. The standard InChI is InChI=1S/C9H6ClN7O2/c1-16-9(5(2-11)3-14-16)15-8-6(17(18)19)7(10)12-4-13-8/h3-4H,1H3,(H,12,13,15). The summed E-state index contributed by atoms with van der Waals surface area (Å²) < 4.78 is 1.36. The second-order valence-electron chi connectivity index (χ2n) is 3.39. The summed E-state index contributed by atoms with van der Waals surface area (Å²) in [7, 11) is 1.58. The first kappa shape index (κ1) is 12.7. The fraction of sp³-hybridized carbons (Fsp3) is 0.111. The van der Waals surface area contributed by atoms with Crippen LogP contribution in [0.15, 0.2) is 12.5 Å². The van der Waals surface area contributed by atoms with E-state index in [2.05, 4.69) is 20.4 Å². The van der Waals surface area contributed by atoms with Gasteiger partial charge in [0.15, 0.2) is 0 Å². The fourth-order valence-electron chi connectivity index (χ4n) is 1.39. The topological polar surface area (TPSA) is 123 Å². The van der Waals surface area contributed by atoms with Gasteiger partial charge in [0, 0.05) is 7.05 Å². The van der Waals surface area contributed by atoms with E-state index in [-0.39, 0.29) is 22.4 Å². The van der Waals surface area contributed by atoms with Crippen molar-refractivity contribution in [2.75, 3.05) is 5.32 Å². The quantitative estimate of drug-likeness (QED) is 0.511. The molecule has 1 N–H and O–H groups in total. The first-order valence-electron chi connectivity index (χ1n) is 4.88. The molecule has 0 fully saturated rings. The Hall–Kier alpha value is -2.73. The number of halogens is 1. The SMILES string of the molecule is Cn1ncc(C#N)c1Nc1ncnc(Cl)c1[N+](=O)[O-]. The zero-order chi connectivity index (χ0) is 14.0. The first-order valence-corrected chi connectivity index (χ1v) is 5.26. The predicted octanol–water partition coefficient (Wildman–Crippen LogP) is 1.39. The van der Waals surface area contributed by atoms with Gasteiger partial charge in [-0.3, -0.25) is 14.8 Å². The third-order valence-corrected chi connectivity index (χ3v) is 2.53. The van der Waals surface area contributed by atoms with Gasteiger partial charge >= 0.3 is 5.69 Å². The first-order chi connectivity index (χ1) is 9.04. The number of nitriles is 1. The van der Waals surface area contributed by atoms with Crippen molar-refractivity contribution in [2.24, 2.45) is 7.05 Å². The molecule has 19 heavy (non-hydrogen) atoms. The molecule has 10 heteroatoms. The van der Waals surface area contributed by atoms with E-state index in [4.69, 9.17) is 16.9 Å². The summed E-state index contributed by atoms with van der Waals surface area (Å²) in [6.07, 6.45) is 2.41. The number of aromatic nitrogens is 4. The normalized spacial score (nSPS) is 9.95. The minimum absolute atomic E-state index is 0.106. The monoisotopic (exact) mass is 279 g/mol. The summed E-state index contributed by atoms with van der Waals surface area (Å²) in [5.41, 5.74) is -0.235. The zero-order valence-electron chi connectivity index (χ0n) is 9.53. The molecule has 2 heterocycles. The van der Waals surface area contributed by atoms with Gasteiger partial charge in [0.25, 0.3) is 0 Å². The summed E-state index contributed by atoms with van der Waals surface area (Å²) in [4.78, 5) is 17.5. The molecule has 0 unspecified atom stereocenters. The molecule has 0 saturated heterocycles. The molecule has 0 atom stereocenters. The Morgan fingerprint density at radius 1 is 1.58 bits per heavy atom. The van der Waals surface area contributed by atoms with Gasteiger partial charge in [0.2, 0.25) is 11.0 Å². The molecule has 0 radical (unpaired) electrons. The molecule has 96 valence electrons. The minimum atomic E-state index is -0.701. The van der Waals surface area contributed by atoms with Gasteiger partial charge in [0.05, 0.1) is 11.1 Å². The minimum Gasteiger partial charge on any atom is -0.318 e. The number of rotatable bonds is 3. The summed E-state index contributed by atoms with van der Waals surface area (Å²) in [6, 6.07) is 1.91. The Kier molecular flexibility index (Phi) is 3.26. The van der Waals surface area contributed by atoms with E-state index >= 15 is 0 Å². The van der Waals surface area contributed by atoms with Crippen molar-refractivity contribution >= 4 is 28.9 Å². The van der Waals surface area contributed by atoms with Crippen LogP contribution in [0.2, 0.25) is 5.15 Å². The van der Waals surface area contributed by atoms with Crippen molar-refractivity contribution in [3.8, 4) is 6.07 Å². The lowest BCUT2D eigenvalue weighted by atomic mass is 10.3. The lowest BCUT2D eigenvalue weighted by Crippen LogP contribution is -2.05. The maximum Gasteiger partial charge on any atom is 0.348 e. The Morgan fingerprint density at radius 2 is 2.32 bits per heavy atom. The van der Waals surface area contributed by atoms with Crippen LogP contribution in [0, 0.1) is 21.4 Å². The van der Waals surface area contributed by atoms with E-state index in [9.17, 15) is 10.1 Å². The van der Waals surface area contributed by atoms with Gasteiger partial charge in [-0.25, -0.2) is 9.97 Å². The maximum absolute atomic E-state index is 10.9. The van der Waals surface area contributed by atoms with Crippen LogP contribution >= 0.6 is 11.6 Å². The number of nitrogens with zero attached hydrogens (tertiary/aromatic N) is 6. The van der Waals surface area contributed by atoms with Crippen LogP contribution in [-0.2, 0) is 7.05 Å². The van der Waals surface area contributed by atoms with Crippen molar-refractivity contribution in [3.63, 3.8) is 0 Å². The van der Waals surface area contributed by atoms with E-state index in [1.54, 1.807) is 7.05 Å². The number of hydrogen-bond acceptors (Lipinski definition) is 7. The Bertz CT molecular complexity index is 690. The van der Waals surface area contributed by atoms with Crippen molar-refractivity contribution in [1.29, 1.82) is 5.26 Å². The van der Waals surface area contributed by atoms with Crippen molar-refractivity contribution in [2.45, 2.75) is 0 Å². The van der Waals surface area contributed by atoms with Crippen molar-refractivity contribution in [3.05, 3.63) is 33.4 Å². The Morgan fingerprint density at radius 3 is 2.95 bits per heavy atom. The smallest absolute Gasteiger partial charge is 0.318 e. The van der Waals surface area contributed by atoms with Gasteiger partial charge < -0.3 is 5.32 Å². The van der Waals surface area contributed by atoms with E-state index in [0.717, 1.165) is 6.33 Å². The van der Waals surface area contributed by atoms with E-state index in [0.29, 0.717) is 0 Å². The summed E-state index contributed by atoms with van der Waals surface area (Å²) in [5, 5.41) is 26.1. The van der Waals surface area contributed by atoms with Gasteiger partial charge in [0.1, 0.15) is 23.8 Å². The molecule has 2 aromatic rings. The van der Waals surface area contributed by atoms with E-state index in [1.807, 2.05) is 6.07 Å². The third kappa shape index (κ3) is 2.29. The number of nitrogens with one attached hydrogen (secondary N) is 1. The zero-order valence-corrected chi connectivity index (χ0v) is 10.3. The van der Waals surface area contributed by atoms with Crippen LogP contribution in [0.4, 0.5) is 17.3 Å². The summed E-state index contributed by atoms with van der Waals surface area (Å²) >= 11 is 5.66. The number of hydrogen-bond donors (Lipinski definition) is 1. The maximum atomic E-state index is 10.9. The van der Waals surface area contributed by atoms with Crippen molar-refractivity contribution < 1.29 is 4.92 Å². The number of aryl methyl sites for hydroxylation is 1. The van der Waals surface area contributed by atoms with Crippen LogP contribution in [-0.4, -0.2) is 24.7 Å². The van der Waals surface area contributed by atoms with Gasteiger partial charge in [-0.05, 0) is 0 Å². The van der Waals surface area contributed by atoms with Crippen LogP contribution in [0.3, 0.4) is 0 Å². The van der Waals surface area contributed by atoms with Crippen LogP contribution < -0.4 is 5.32 Å². The van der Waals surface area contributed by atoms with Gasteiger partial charge in [-0.1, -0.05) is 11.6 Å². The second-order valence-corrected chi connectivity index (χ2v) is 3.74. The molecule has 0 aliphatic rings. The number of anilines is 2. The van der Waals surface area contributed by atoms with Crippen LogP contribution in [0.25, 0.3) is 0 Å². The molecule has 2 aromatic heterocycles. The lowest BCUT2D eigenvalue weighted by molar-refractivity contribution is -0.384. The van der Waals surface area contributed by atoms with Crippen molar-refractivity contribution in [1.82, 2.24) is 19.7 Å². The van der Waals surface area contributed by atoms with Crippen LogP contribution in [0.1, 0.15) is 5.56 Å². The Labute approximate surface area is 111 Å². The second kappa shape index (κ2) is 4.87. The third-order valence-electron chi connectivity index (χ3n) is 2.26. The van der Waals surface area contributed by atoms with E-state index in [1.165, 1.54) is 10.9 Å². The Balaban J connectivity index is 2.50. The molecule has 2 rings (SSSR count). The highest BCUT2D eigenvalue weighted by Gasteiger charge is 2.23. The molecule has 0 aliphatic heterocycles. The lowest BCUT2D eigenvalue weighted by Gasteiger charge is -2.06. The molecule has 9 nitrogen and oxygen atoms in total.